The maximum atomic E-state index is 12.5. The number of ketones is 1. The molecule has 1 aromatic carbocycles. The summed E-state index contributed by atoms with van der Waals surface area (Å²) in [5.74, 6) is -5.58. The first-order chi connectivity index (χ1) is 11.2. The second kappa shape index (κ2) is 6.60. The number of hydrogen-bond acceptors (Lipinski definition) is 7. The van der Waals surface area contributed by atoms with Crippen LogP contribution >= 0.6 is 0 Å². The van der Waals surface area contributed by atoms with Gasteiger partial charge in [-0.1, -0.05) is 12.1 Å². The van der Waals surface area contributed by atoms with Gasteiger partial charge in [-0.3, -0.25) is 14.4 Å². The van der Waals surface area contributed by atoms with E-state index in [2.05, 4.69) is 0 Å². The number of phenols is 1. The molecule has 2 rings (SSSR count). The molecular weight excluding hydrogens is 316 g/mol. The van der Waals surface area contributed by atoms with Crippen molar-refractivity contribution in [3.05, 3.63) is 29.8 Å². The van der Waals surface area contributed by atoms with Crippen molar-refractivity contribution >= 4 is 17.7 Å². The third-order valence-electron chi connectivity index (χ3n) is 4.43. The molecule has 7 heteroatoms. The Morgan fingerprint density at radius 2 is 1.83 bits per heavy atom. The Labute approximate surface area is 139 Å². The van der Waals surface area contributed by atoms with E-state index in [1.165, 1.54) is 32.2 Å². The predicted molar refractivity (Wildman–Crippen MR) is 82.1 cm³/mol. The summed E-state index contributed by atoms with van der Waals surface area (Å²) in [5, 5.41) is 20.4. The fraction of sp³-hybridized carbons (Fsp3) is 0.471. The highest BCUT2D eigenvalue weighted by atomic mass is 16.5. The molecule has 0 aliphatic heterocycles. The summed E-state index contributed by atoms with van der Waals surface area (Å²) in [4.78, 5) is 36.9. The van der Waals surface area contributed by atoms with Crippen LogP contribution in [0.3, 0.4) is 0 Å². The average Bonchev–Trinajstić information content (AvgIpc) is 2.52. The molecule has 0 aromatic heterocycles. The number of carbonyl (C=O) groups excluding carboxylic acids is 3. The number of methoxy groups -OCH3 is 2. The van der Waals surface area contributed by atoms with Crippen LogP contribution in [0.25, 0.3) is 0 Å². The number of esters is 2. The Morgan fingerprint density at radius 3 is 2.38 bits per heavy atom. The first-order valence-corrected chi connectivity index (χ1v) is 7.42. The van der Waals surface area contributed by atoms with Gasteiger partial charge in [0.05, 0.1) is 25.7 Å². The summed E-state index contributed by atoms with van der Waals surface area (Å²) in [5.41, 5.74) is -1.32. The SMILES string of the molecule is COC(=O)C1C(=O)CC(C)(O)C(C(=O)OC)C1c1cccc(O)c1. The second-order valence-corrected chi connectivity index (χ2v) is 6.12. The molecule has 24 heavy (non-hydrogen) atoms. The van der Waals surface area contributed by atoms with Gasteiger partial charge in [0.15, 0.2) is 5.78 Å². The van der Waals surface area contributed by atoms with Crippen LogP contribution in [0.4, 0.5) is 0 Å². The molecule has 0 amide bonds. The molecule has 0 radical (unpaired) electrons. The highest BCUT2D eigenvalue weighted by Gasteiger charge is 2.56. The van der Waals surface area contributed by atoms with Crippen molar-refractivity contribution in [1.29, 1.82) is 0 Å². The largest absolute Gasteiger partial charge is 0.508 e. The Hall–Kier alpha value is -2.41. The molecule has 130 valence electrons. The van der Waals surface area contributed by atoms with Crippen LogP contribution in [0.5, 0.6) is 5.75 Å². The Bertz CT molecular complexity index is 665. The van der Waals surface area contributed by atoms with Crippen LogP contribution < -0.4 is 0 Å². The highest BCUT2D eigenvalue weighted by molar-refractivity contribution is 6.02. The molecule has 4 unspecified atom stereocenters. The summed E-state index contributed by atoms with van der Waals surface area (Å²) in [7, 11) is 2.32. The van der Waals surface area contributed by atoms with E-state index in [1.54, 1.807) is 6.07 Å². The number of carbonyl (C=O) groups is 3. The standard InChI is InChI=1S/C17H20O7/c1-17(22)8-11(19)13(15(20)23-2)12(14(17)16(21)24-3)9-5-4-6-10(18)7-9/h4-7,12-14,18,22H,8H2,1-3H3. The van der Waals surface area contributed by atoms with Crippen molar-refractivity contribution in [1.82, 2.24) is 0 Å². The number of ether oxygens (including phenoxy) is 2. The molecular formula is C17H20O7. The number of phenolic OH excluding ortho intramolecular Hbond substituents is 1. The second-order valence-electron chi connectivity index (χ2n) is 6.12. The lowest BCUT2D eigenvalue weighted by molar-refractivity contribution is -0.170. The summed E-state index contributed by atoms with van der Waals surface area (Å²) in [6.45, 7) is 1.36. The Balaban J connectivity index is 2.65. The number of benzene rings is 1. The zero-order valence-electron chi connectivity index (χ0n) is 13.7. The fourth-order valence-corrected chi connectivity index (χ4v) is 3.40. The van der Waals surface area contributed by atoms with Crippen molar-refractivity contribution in [2.45, 2.75) is 24.9 Å². The number of hydrogen-bond donors (Lipinski definition) is 2. The summed E-state index contributed by atoms with van der Waals surface area (Å²) in [6.07, 6.45) is -0.373. The maximum absolute atomic E-state index is 12.5. The lowest BCUT2D eigenvalue weighted by Gasteiger charge is -2.43. The van der Waals surface area contributed by atoms with Crippen molar-refractivity contribution in [3.63, 3.8) is 0 Å². The zero-order chi connectivity index (χ0) is 18.1. The molecule has 0 bridgehead atoms. The number of Topliss-reactive ketones (excluding diaryl/α,β-unsaturated/α-hetero) is 1. The summed E-state index contributed by atoms with van der Waals surface area (Å²) >= 11 is 0. The number of rotatable bonds is 3. The molecule has 2 N–H and O–H groups in total. The first-order valence-electron chi connectivity index (χ1n) is 7.42. The molecule has 0 saturated heterocycles. The lowest BCUT2D eigenvalue weighted by atomic mass is 9.61. The molecule has 0 heterocycles. The Kier molecular flexibility index (Phi) is 4.94. The molecule has 1 aliphatic carbocycles. The van der Waals surface area contributed by atoms with Gasteiger partial charge in [-0.15, -0.1) is 0 Å². The molecule has 1 saturated carbocycles. The van der Waals surface area contributed by atoms with Crippen LogP contribution in [0.2, 0.25) is 0 Å². The van der Waals surface area contributed by atoms with Crippen LogP contribution in [0.15, 0.2) is 24.3 Å². The molecule has 4 atom stereocenters. The van der Waals surface area contributed by atoms with Crippen molar-refractivity contribution in [3.8, 4) is 5.75 Å². The van der Waals surface area contributed by atoms with E-state index < -0.39 is 41.1 Å². The zero-order valence-corrected chi connectivity index (χ0v) is 13.7. The minimum atomic E-state index is -1.69. The minimum Gasteiger partial charge on any atom is -0.508 e. The van der Waals surface area contributed by atoms with E-state index in [4.69, 9.17) is 9.47 Å². The minimum absolute atomic E-state index is 0.0857. The van der Waals surface area contributed by atoms with Crippen molar-refractivity contribution < 1.29 is 34.1 Å². The van der Waals surface area contributed by atoms with Gasteiger partial charge < -0.3 is 19.7 Å². The van der Waals surface area contributed by atoms with Gasteiger partial charge in [0.25, 0.3) is 0 Å². The number of aliphatic hydroxyl groups is 1. The molecule has 1 aliphatic rings. The summed E-state index contributed by atoms with van der Waals surface area (Å²) in [6, 6.07) is 5.88. The smallest absolute Gasteiger partial charge is 0.316 e. The van der Waals surface area contributed by atoms with Gasteiger partial charge in [0, 0.05) is 12.3 Å². The molecule has 1 aromatic rings. The van der Waals surface area contributed by atoms with Crippen molar-refractivity contribution in [2.24, 2.45) is 11.8 Å². The lowest BCUT2D eigenvalue weighted by Crippen LogP contribution is -2.55. The topological polar surface area (TPSA) is 110 Å². The van der Waals surface area contributed by atoms with E-state index in [0.717, 1.165) is 7.11 Å². The van der Waals surface area contributed by atoms with Gasteiger partial charge in [0.1, 0.15) is 11.7 Å². The summed E-state index contributed by atoms with van der Waals surface area (Å²) < 4.78 is 9.50. The monoisotopic (exact) mass is 336 g/mol. The maximum Gasteiger partial charge on any atom is 0.316 e. The van der Waals surface area contributed by atoms with E-state index in [1.807, 2.05) is 0 Å². The van der Waals surface area contributed by atoms with Crippen LogP contribution in [-0.4, -0.2) is 47.8 Å². The molecule has 1 fully saturated rings. The van der Waals surface area contributed by atoms with Gasteiger partial charge in [-0.05, 0) is 24.6 Å². The van der Waals surface area contributed by atoms with E-state index in [0.29, 0.717) is 5.56 Å². The number of aromatic hydroxyl groups is 1. The van der Waals surface area contributed by atoms with Crippen molar-refractivity contribution in [2.75, 3.05) is 14.2 Å². The third-order valence-corrected chi connectivity index (χ3v) is 4.43. The van der Waals surface area contributed by atoms with E-state index >= 15 is 0 Å². The molecule has 0 spiro atoms. The van der Waals surface area contributed by atoms with E-state index in [9.17, 15) is 24.6 Å². The van der Waals surface area contributed by atoms with Gasteiger partial charge >= 0.3 is 11.9 Å². The van der Waals surface area contributed by atoms with Crippen LogP contribution in [0.1, 0.15) is 24.8 Å². The van der Waals surface area contributed by atoms with E-state index in [-0.39, 0.29) is 12.2 Å². The van der Waals surface area contributed by atoms with Gasteiger partial charge in [-0.25, -0.2) is 0 Å². The fourth-order valence-electron chi connectivity index (χ4n) is 3.40. The third kappa shape index (κ3) is 3.12. The highest BCUT2D eigenvalue weighted by Crippen LogP contribution is 2.47. The first kappa shape index (κ1) is 17.9. The molecule has 7 nitrogen and oxygen atoms in total. The Morgan fingerprint density at radius 1 is 1.21 bits per heavy atom. The van der Waals surface area contributed by atoms with Gasteiger partial charge in [-0.2, -0.15) is 0 Å². The normalized spacial score (nSPS) is 29.8. The predicted octanol–water partition coefficient (Wildman–Crippen LogP) is 0.778. The quantitative estimate of drug-likeness (QED) is 0.620. The van der Waals surface area contributed by atoms with Gasteiger partial charge in [0.2, 0.25) is 0 Å². The average molecular weight is 336 g/mol. The van der Waals surface area contributed by atoms with Crippen LogP contribution in [0, 0.1) is 11.8 Å². The van der Waals surface area contributed by atoms with Crippen LogP contribution in [-0.2, 0) is 23.9 Å².